The molecule has 6 heteroatoms. The molecule has 0 fully saturated rings. The molecular weight excluding hydrogens is 189 g/mol. The van der Waals surface area contributed by atoms with E-state index in [-0.39, 0.29) is 12.3 Å². The van der Waals surface area contributed by atoms with Crippen molar-refractivity contribution in [3.05, 3.63) is 39.7 Å². The van der Waals surface area contributed by atoms with E-state index in [2.05, 4.69) is 0 Å². The fraction of sp³-hybridized carbons (Fsp3) is 0.125. The molecule has 0 unspecified atom stereocenters. The SMILES string of the molecule is N=C(N)Cc1ccc([N+](=O)[O-])c(F)c1. The summed E-state index contributed by atoms with van der Waals surface area (Å²) in [7, 11) is 0. The van der Waals surface area contributed by atoms with Gasteiger partial charge in [0.25, 0.3) is 0 Å². The average molecular weight is 197 g/mol. The normalized spacial score (nSPS) is 9.79. The molecule has 0 bridgehead atoms. The molecule has 14 heavy (non-hydrogen) atoms. The van der Waals surface area contributed by atoms with Crippen LogP contribution in [0.2, 0.25) is 0 Å². The number of nitrogens with zero attached hydrogens (tertiary/aromatic N) is 1. The smallest absolute Gasteiger partial charge is 0.304 e. The first kappa shape index (κ1) is 10.1. The summed E-state index contributed by atoms with van der Waals surface area (Å²) in [6.45, 7) is 0. The topological polar surface area (TPSA) is 93.0 Å². The van der Waals surface area contributed by atoms with Crippen LogP contribution in [0.5, 0.6) is 0 Å². The molecular formula is C8H8FN3O2. The zero-order valence-electron chi connectivity index (χ0n) is 7.16. The molecule has 3 N–H and O–H groups in total. The molecule has 0 saturated carbocycles. The summed E-state index contributed by atoms with van der Waals surface area (Å²) in [5, 5.41) is 17.2. The molecule has 0 amide bonds. The Bertz CT molecular complexity index is 392. The quantitative estimate of drug-likeness (QED) is 0.330. The maximum atomic E-state index is 13.0. The minimum Gasteiger partial charge on any atom is -0.387 e. The molecule has 0 aromatic heterocycles. The van der Waals surface area contributed by atoms with E-state index < -0.39 is 16.4 Å². The molecule has 0 saturated heterocycles. The Balaban J connectivity index is 3.00. The van der Waals surface area contributed by atoms with Gasteiger partial charge in [-0.25, -0.2) is 0 Å². The van der Waals surface area contributed by atoms with Crippen molar-refractivity contribution in [1.82, 2.24) is 0 Å². The van der Waals surface area contributed by atoms with Gasteiger partial charge in [0, 0.05) is 12.5 Å². The molecule has 0 aliphatic heterocycles. The molecule has 0 radical (unpaired) electrons. The van der Waals surface area contributed by atoms with Crippen LogP contribution in [0, 0.1) is 21.3 Å². The van der Waals surface area contributed by atoms with E-state index in [0.29, 0.717) is 5.56 Å². The maximum absolute atomic E-state index is 13.0. The highest BCUT2D eigenvalue weighted by Gasteiger charge is 2.13. The van der Waals surface area contributed by atoms with Gasteiger partial charge in [0.15, 0.2) is 0 Å². The van der Waals surface area contributed by atoms with Crippen LogP contribution in [0.3, 0.4) is 0 Å². The molecule has 0 atom stereocenters. The number of nitrogens with two attached hydrogens (primary N) is 1. The van der Waals surface area contributed by atoms with Gasteiger partial charge in [-0.2, -0.15) is 4.39 Å². The van der Waals surface area contributed by atoms with E-state index >= 15 is 0 Å². The van der Waals surface area contributed by atoms with Crippen molar-refractivity contribution in [2.24, 2.45) is 5.73 Å². The summed E-state index contributed by atoms with van der Waals surface area (Å²) in [4.78, 5) is 9.46. The summed E-state index contributed by atoms with van der Waals surface area (Å²) in [6.07, 6.45) is 0.0922. The summed E-state index contributed by atoms with van der Waals surface area (Å²) < 4.78 is 13.0. The number of rotatable bonds is 3. The number of benzene rings is 1. The van der Waals surface area contributed by atoms with Gasteiger partial charge >= 0.3 is 5.69 Å². The zero-order chi connectivity index (χ0) is 10.7. The largest absolute Gasteiger partial charge is 0.387 e. The number of nitro groups is 1. The number of hydrogen-bond donors (Lipinski definition) is 2. The molecule has 74 valence electrons. The van der Waals surface area contributed by atoms with Gasteiger partial charge in [-0.3, -0.25) is 15.5 Å². The fourth-order valence-electron chi connectivity index (χ4n) is 1.03. The minimum atomic E-state index is -0.909. The predicted molar refractivity (Wildman–Crippen MR) is 48.7 cm³/mol. The second-order valence-corrected chi connectivity index (χ2v) is 2.74. The molecule has 1 aromatic rings. The lowest BCUT2D eigenvalue weighted by Gasteiger charge is -1.99. The average Bonchev–Trinajstić information content (AvgIpc) is 2.01. The Morgan fingerprint density at radius 3 is 2.71 bits per heavy atom. The maximum Gasteiger partial charge on any atom is 0.304 e. The van der Waals surface area contributed by atoms with Crippen molar-refractivity contribution >= 4 is 11.5 Å². The standard InChI is InChI=1S/C8H8FN3O2/c9-6-3-5(4-8(10)11)1-2-7(6)12(13)14/h1-3H,4H2,(H3,10,11). The first-order valence-corrected chi connectivity index (χ1v) is 3.76. The number of amidine groups is 1. The number of nitrogens with one attached hydrogen (secondary N) is 1. The van der Waals surface area contributed by atoms with Crippen molar-refractivity contribution in [2.45, 2.75) is 6.42 Å². The fourth-order valence-corrected chi connectivity index (χ4v) is 1.03. The monoisotopic (exact) mass is 197 g/mol. The van der Waals surface area contributed by atoms with Crippen LogP contribution in [0.25, 0.3) is 0 Å². The second kappa shape index (κ2) is 3.82. The zero-order valence-corrected chi connectivity index (χ0v) is 7.16. The van der Waals surface area contributed by atoms with E-state index in [1.165, 1.54) is 6.07 Å². The van der Waals surface area contributed by atoms with Gasteiger partial charge in [-0.05, 0) is 11.6 Å². The van der Waals surface area contributed by atoms with Gasteiger partial charge in [0.05, 0.1) is 10.8 Å². The van der Waals surface area contributed by atoms with E-state index in [4.69, 9.17) is 11.1 Å². The van der Waals surface area contributed by atoms with Crippen LogP contribution in [-0.4, -0.2) is 10.8 Å². The second-order valence-electron chi connectivity index (χ2n) is 2.74. The molecule has 1 rings (SSSR count). The molecule has 1 aromatic carbocycles. The summed E-state index contributed by atoms with van der Waals surface area (Å²) in [6, 6.07) is 3.45. The summed E-state index contributed by atoms with van der Waals surface area (Å²) >= 11 is 0. The highest BCUT2D eigenvalue weighted by atomic mass is 19.1. The first-order chi connectivity index (χ1) is 6.50. The van der Waals surface area contributed by atoms with Crippen LogP contribution in [0.1, 0.15) is 5.56 Å². The van der Waals surface area contributed by atoms with Gasteiger partial charge < -0.3 is 5.73 Å². The van der Waals surface area contributed by atoms with Crippen molar-refractivity contribution < 1.29 is 9.31 Å². The van der Waals surface area contributed by atoms with Crippen molar-refractivity contribution in [3.63, 3.8) is 0 Å². The number of hydrogen-bond acceptors (Lipinski definition) is 3. The molecule has 0 aliphatic carbocycles. The summed E-state index contributed by atoms with van der Waals surface area (Å²) in [5.74, 6) is -1.02. The third-order valence-electron chi connectivity index (χ3n) is 1.60. The van der Waals surface area contributed by atoms with Gasteiger partial charge in [0.2, 0.25) is 5.82 Å². The minimum absolute atomic E-state index is 0.0922. The van der Waals surface area contributed by atoms with Gasteiger partial charge in [-0.15, -0.1) is 0 Å². The van der Waals surface area contributed by atoms with Crippen LogP contribution in [0.4, 0.5) is 10.1 Å². The Kier molecular flexibility index (Phi) is 2.76. The predicted octanol–water partition coefficient (Wildman–Crippen LogP) is 1.21. The van der Waals surface area contributed by atoms with Crippen molar-refractivity contribution in [2.75, 3.05) is 0 Å². The third kappa shape index (κ3) is 2.25. The van der Waals surface area contributed by atoms with E-state index in [1.54, 1.807) is 0 Å². The van der Waals surface area contributed by atoms with Gasteiger partial charge in [0.1, 0.15) is 0 Å². The summed E-state index contributed by atoms with van der Waals surface area (Å²) in [5.41, 5.74) is 4.97. The van der Waals surface area contributed by atoms with Crippen LogP contribution >= 0.6 is 0 Å². The lowest BCUT2D eigenvalue weighted by Crippen LogP contribution is -2.12. The Morgan fingerprint density at radius 1 is 1.64 bits per heavy atom. The van der Waals surface area contributed by atoms with E-state index in [0.717, 1.165) is 12.1 Å². The lowest BCUT2D eigenvalue weighted by molar-refractivity contribution is -0.387. The molecule has 0 aliphatic rings. The molecule has 0 spiro atoms. The number of halogens is 1. The Labute approximate surface area is 79.0 Å². The number of nitro benzene ring substituents is 1. The highest BCUT2D eigenvalue weighted by molar-refractivity contribution is 5.79. The van der Waals surface area contributed by atoms with E-state index in [1.807, 2.05) is 0 Å². The van der Waals surface area contributed by atoms with Crippen LogP contribution in [-0.2, 0) is 6.42 Å². The first-order valence-electron chi connectivity index (χ1n) is 3.76. The third-order valence-corrected chi connectivity index (χ3v) is 1.60. The molecule has 0 heterocycles. The molecule has 5 nitrogen and oxygen atoms in total. The van der Waals surface area contributed by atoms with Crippen molar-refractivity contribution in [1.29, 1.82) is 5.41 Å². The van der Waals surface area contributed by atoms with Gasteiger partial charge in [-0.1, -0.05) is 6.07 Å². The lowest BCUT2D eigenvalue weighted by atomic mass is 10.1. The van der Waals surface area contributed by atoms with Crippen molar-refractivity contribution in [3.8, 4) is 0 Å². The van der Waals surface area contributed by atoms with Crippen LogP contribution < -0.4 is 5.73 Å². The Hall–Kier alpha value is -1.98. The van der Waals surface area contributed by atoms with Crippen LogP contribution in [0.15, 0.2) is 18.2 Å². The Morgan fingerprint density at radius 2 is 2.29 bits per heavy atom. The highest BCUT2D eigenvalue weighted by Crippen LogP contribution is 2.17. The van der Waals surface area contributed by atoms with E-state index in [9.17, 15) is 14.5 Å².